The van der Waals surface area contributed by atoms with Crippen molar-refractivity contribution in [3.63, 3.8) is 0 Å². The van der Waals surface area contributed by atoms with Crippen molar-refractivity contribution in [2.45, 2.75) is 6.92 Å². The van der Waals surface area contributed by atoms with Gasteiger partial charge in [-0.25, -0.2) is 4.98 Å². The zero-order valence-electron chi connectivity index (χ0n) is 8.32. The lowest BCUT2D eigenvalue weighted by Gasteiger charge is -2.04. The van der Waals surface area contributed by atoms with E-state index in [1.54, 1.807) is 19.2 Å². The van der Waals surface area contributed by atoms with E-state index < -0.39 is 0 Å². The average molecular weight is 195 g/mol. The fourth-order valence-corrected chi connectivity index (χ4v) is 0.917. The lowest BCUT2D eigenvalue weighted by atomic mass is 10.3. The van der Waals surface area contributed by atoms with Gasteiger partial charge in [0.15, 0.2) is 5.78 Å². The number of carbonyl (C=O) groups excluding carboxylic acids is 1. The topological polar surface area (TPSA) is 48.4 Å². The number of methoxy groups -OCH3 is 1. The molecule has 14 heavy (non-hydrogen) atoms. The first-order valence-corrected chi connectivity index (χ1v) is 4.33. The molecule has 1 aromatic heterocycles. The number of aromatic nitrogens is 1. The summed E-state index contributed by atoms with van der Waals surface area (Å²) in [5.41, 5.74) is 0.448. The van der Waals surface area contributed by atoms with Gasteiger partial charge in [-0.05, 0) is 12.1 Å². The van der Waals surface area contributed by atoms with Crippen LogP contribution in [0.4, 0.5) is 0 Å². The lowest BCUT2D eigenvalue weighted by molar-refractivity contribution is 0.101. The Bertz CT molecular complexity index is 295. The highest BCUT2D eigenvalue weighted by Crippen LogP contribution is 2.08. The number of ketones is 1. The summed E-state index contributed by atoms with van der Waals surface area (Å²) in [4.78, 5) is 14.8. The number of Topliss-reactive ketones (excluding diaryl/α,β-unsaturated/α-hetero) is 1. The van der Waals surface area contributed by atoms with Gasteiger partial charge in [0.1, 0.15) is 18.1 Å². The molecule has 0 amide bonds. The molecule has 0 N–H and O–H groups in total. The Kier molecular flexibility index (Phi) is 4.07. The van der Waals surface area contributed by atoms with Gasteiger partial charge < -0.3 is 9.47 Å². The maximum Gasteiger partial charge on any atom is 0.178 e. The Balaban J connectivity index is 2.51. The first kappa shape index (κ1) is 10.7. The van der Waals surface area contributed by atoms with E-state index in [2.05, 4.69) is 4.98 Å². The van der Waals surface area contributed by atoms with Gasteiger partial charge in [-0.2, -0.15) is 0 Å². The summed E-state index contributed by atoms with van der Waals surface area (Å²) in [5.74, 6) is 0.598. The highest BCUT2D eigenvalue weighted by molar-refractivity contribution is 5.92. The molecular weight excluding hydrogens is 182 g/mol. The van der Waals surface area contributed by atoms with Gasteiger partial charge >= 0.3 is 0 Å². The molecule has 1 heterocycles. The molecule has 0 spiro atoms. The highest BCUT2D eigenvalue weighted by Gasteiger charge is 2.00. The smallest absolute Gasteiger partial charge is 0.178 e. The van der Waals surface area contributed by atoms with Crippen molar-refractivity contribution in [1.82, 2.24) is 4.98 Å². The molecule has 0 atom stereocenters. The van der Waals surface area contributed by atoms with Gasteiger partial charge in [0, 0.05) is 14.0 Å². The standard InChI is InChI=1S/C10H13NO3/c1-8(12)10-4-3-9(7-11-10)14-6-5-13-2/h3-4,7H,5-6H2,1-2H3. The zero-order valence-corrected chi connectivity index (χ0v) is 8.32. The molecule has 0 saturated carbocycles. The fourth-order valence-electron chi connectivity index (χ4n) is 0.917. The maximum atomic E-state index is 10.9. The summed E-state index contributed by atoms with van der Waals surface area (Å²) in [7, 11) is 1.61. The predicted molar refractivity (Wildman–Crippen MR) is 51.6 cm³/mol. The molecule has 0 aliphatic carbocycles. The van der Waals surface area contributed by atoms with Crippen LogP contribution in [0.5, 0.6) is 5.75 Å². The normalized spacial score (nSPS) is 9.86. The summed E-state index contributed by atoms with van der Waals surface area (Å²) >= 11 is 0. The maximum absolute atomic E-state index is 10.9. The first-order valence-electron chi connectivity index (χ1n) is 4.33. The van der Waals surface area contributed by atoms with Gasteiger partial charge in [0.2, 0.25) is 0 Å². The molecule has 76 valence electrons. The monoisotopic (exact) mass is 195 g/mol. The van der Waals surface area contributed by atoms with Crippen molar-refractivity contribution in [3.05, 3.63) is 24.0 Å². The molecule has 0 aliphatic heterocycles. The van der Waals surface area contributed by atoms with Crippen LogP contribution in [-0.2, 0) is 4.74 Å². The molecule has 0 fully saturated rings. The molecule has 0 radical (unpaired) electrons. The summed E-state index contributed by atoms with van der Waals surface area (Å²) in [5, 5.41) is 0. The van der Waals surface area contributed by atoms with Crippen molar-refractivity contribution in [3.8, 4) is 5.75 Å². The zero-order chi connectivity index (χ0) is 10.4. The van der Waals surface area contributed by atoms with Gasteiger partial charge in [-0.3, -0.25) is 4.79 Å². The van der Waals surface area contributed by atoms with Gasteiger partial charge in [0.25, 0.3) is 0 Å². The van der Waals surface area contributed by atoms with E-state index >= 15 is 0 Å². The Labute approximate surface area is 82.9 Å². The van der Waals surface area contributed by atoms with Crippen molar-refractivity contribution in [1.29, 1.82) is 0 Å². The van der Waals surface area contributed by atoms with Crippen LogP contribution in [0, 0.1) is 0 Å². The molecular formula is C10H13NO3. The first-order chi connectivity index (χ1) is 6.74. The second-order valence-electron chi connectivity index (χ2n) is 2.78. The Morgan fingerprint density at radius 2 is 2.21 bits per heavy atom. The lowest BCUT2D eigenvalue weighted by Crippen LogP contribution is -2.05. The van der Waals surface area contributed by atoms with Crippen LogP contribution in [0.1, 0.15) is 17.4 Å². The summed E-state index contributed by atoms with van der Waals surface area (Å²) < 4.78 is 10.1. The van der Waals surface area contributed by atoms with Crippen LogP contribution in [0.2, 0.25) is 0 Å². The van der Waals surface area contributed by atoms with Crippen molar-refractivity contribution < 1.29 is 14.3 Å². The molecule has 1 rings (SSSR count). The highest BCUT2D eigenvalue weighted by atomic mass is 16.5. The van der Waals surface area contributed by atoms with Crippen LogP contribution in [0.25, 0.3) is 0 Å². The number of pyridine rings is 1. The minimum absolute atomic E-state index is 0.0477. The number of hydrogen-bond donors (Lipinski definition) is 0. The van der Waals surface area contributed by atoms with E-state index in [-0.39, 0.29) is 5.78 Å². The van der Waals surface area contributed by atoms with E-state index in [0.717, 1.165) is 0 Å². The molecule has 4 nitrogen and oxygen atoms in total. The molecule has 1 aromatic rings. The molecule has 0 aliphatic rings. The van der Waals surface area contributed by atoms with Crippen LogP contribution in [-0.4, -0.2) is 31.1 Å². The number of carbonyl (C=O) groups is 1. The van der Waals surface area contributed by atoms with Crippen molar-refractivity contribution in [2.75, 3.05) is 20.3 Å². The quantitative estimate of drug-likeness (QED) is 0.525. The molecule has 0 aromatic carbocycles. The Morgan fingerprint density at radius 3 is 2.71 bits per heavy atom. The van der Waals surface area contributed by atoms with Crippen LogP contribution in [0.15, 0.2) is 18.3 Å². The second-order valence-corrected chi connectivity index (χ2v) is 2.78. The van der Waals surface area contributed by atoms with E-state index in [4.69, 9.17) is 9.47 Å². The fraction of sp³-hybridized carbons (Fsp3) is 0.400. The van der Waals surface area contributed by atoms with Crippen LogP contribution >= 0.6 is 0 Å². The molecule has 0 bridgehead atoms. The largest absolute Gasteiger partial charge is 0.490 e. The number of ether oxygens (including phenoxy) is 2. The summed E-state index contributed by atoms with van der Waals surface area (Å²) in [6.45, 7) is 2.50. The third kappa shape index (κ3) is 3.14. The van der Waals surface area contributed by atoms with Crippen LogP contribution in [0.3, 0.4) is 0 Å². The summed E-state index contributed by atoms with van der Waals surface area (Å²) in [6, 6.07) is 3.36. The third-order valence-corrected chi connectivity index (χ3v) is 1.65. The minimum Gasteiger partial charge on any atom is -0.490 e. The van der Waals surface area contributed by atoms with Gasteiger partial charge in [-0.1, -0.05) is 0 Å². The van der Waals surface area contributed by atoms with E-state index in [1.807, 2.05) is 0 Å². The summed E-state index contributed by atoms with van der Waals surface area (Å²) in [6.07, 6.45) is 1.53. The van der Waals surface area contributed by atoms with E-state index in [1.165, 1.54) is 13.1 Å². The predicted octanol–water partition coefficient (Wildman–Crippen LogP) is 1.31. The van der Waals surface area contributed by atoms with Crippen molar-refractivity contribution in [2.24, 2.45) is 0 Å². The Morgan fingerprint density at radius 1 is 1.43 bits per heavy atom. The Hall–Kier alpha value is -1.42. The number of nitrogens with zero attached hydrogens (tertiary/aromatic N) is 1. The van der Waals surface area contributed by atoms with Gasteiger partial charge in [0.05, 0.1) is 12.8 Å². The third-order valence-electron chi connectivity index (χ3n) is 1.65. The van der Waals surface area contributed by atoms with E-state index in [9.17, 15) is 4.79 Å². The number of rotatable bonds is 5. The second kappa shape index (κ2) is 5.34. The van der Waals surface area contributed by atoms with E-state index in [0.29, 0.717) is 24.7 Å². The van der Waals surface area contributed by atoms with Crippen molar-refractivity contribution >= 4 is 5.78 Å². The number of hydrogen-bond acceptors (Lipinski definition) is 4. The van der Waals surface area contributed by atoms with Gasteiger partial charge in [-0.15, -0.1) is 0 Å². The minimum atomic E-state index is -0.0477. The SMILES string of the molecule is COCCOc1ccc(C(C)=O)nc1. The molecule has 4 heteroatoms. The van der Waals surface area contributed by atoms with Crippen LogP contribution < -0.4 is 4.74 Å². The molecule has 0 unspecified atom stereocenters. The average Bonchev–Trinajstić information content (AvgIpc) is 2.19. The molecule has 0 saturated heterocycles.